The van der Waals surface area contributed by atoms with E-state index in [1.807, 2.05) is 54.6 Å². The van der Waals surface area contributed by atoms with Gasteiger partial charge in [-0.25, -0.2) is 0 Å². The van der Waals surface area contributed by atoms with Gasteiger partial charge >= 0.3 is 0 Å². The zero-order valence-electron chi connectivity index (χ0n) is 16.7. The minimum absolute atomic E-state index is 0.0570. The summed E-state index contributed by atoms with van der Waals surface area (Å²) >= 11 is 5.21. The Morgan fingerprint density at radius 2 is 1.79 bits per heavy atom. The predicted molar refractivity (Wildman–Crippen MR) is 121 cm³/mol. The van der Waals surface area contributed by atoms with Crippen molar-refractivity contribution in [3.05, 3.63) is 66.2 Å². The fraction of sp³-hybridized carbons (Fsp3) is 0.217. The molecule has 0 aromatic heterocycles. The highest BCUT2D eigenvalue weighted by Crippen LogP contribution is 2.30. The molecule has 0 saturated heterocycles. The Morgan fingerprint density at radius 3 is 2.55 bits per heavy atom. The predicted octanol–water partition coefficient (Wildman–Crippen LogP) is 4.73. The Morgan fingerprint density at radius 1 is 1.07 bits per heavy atom. The topological polar surface area (TPSA) is 70.6 Å². The number of ether oxygens (including phenoxy) is 1. The van der Waals surface area contributed by atoms with Crippen molar-refractivity contribution in [2.75, 3.05) is 11.9 Å². The van der Waals surface area contributed by atoms with E-state index in [1.54, 1.807) is 6.07 Å². The Hall–Kier alpha value is -3.12. The van der Waals surface area contributed by atoms with Gasteiger partial charge in [-0.1, -0.05) is 63.2 Å². The van der Waals surface area contributed by atoms with Gasteiger partial charge in [0.05, 0.1) is 5.69 Å². The summed E-state index contributed by atoms with van der Waals surface area (Å²) in [6.45, 7) is 6.06. The lowest BCUT2D eigenvalue weighted by atomic mass is 9.87. The Balaban J connectivity index is 1.60. The highest BCUT2D eigenvalue weighted by molar-refractivity contribution is 7.80. The van der Waals surface area contributed by atoms with Crippen molar-refractivity contribution in [1.29, 1.82) is 0 Å². The van der Waals surface area contributed by atoms with Gasteiger partial charge in [0.25, 0.3) is 5.91 Å². The highest BCUT2D eigenvalue weighted by Gasteiger charge is 2.16. The average Bonchev–Trinajstić information content (AvgIpc) is 2.67. The third kappa shape index (κ3) is 5.23. The molecule has 0 aliphatic rings. The van der Waals surface area contributed by atoms with Crippen LogP contribution in [0.25, 0.3) is 10.8 Å². The maximum atomic E-state index is 12.2. The van der Waals surface area contributed by atoms with E-state index in [1.165, 1.54) is 0 Å². The summed E-state index contributed by atoms with van der Waals surface area (Å²) in [4.78, 5) is 12.2. The van der Waals surface area contributed by atoms with E-state index in [0.29, 0.717) is 11.4 Å². The summed E-state index contributed by atoms with van der Waals surface area (Å²) in [5, 5.41) is 17.6. The van der Waals surface area contributed by atoms with Gasteiger partial charge < -0.3 is 15.2 Å². The zero-order valence-corrected chi connectivity index (χ0v) is 17.5. The maximum Gasteiger partial charge on any atom is 0.264 e. The Bertz CT molecular complexity index is 1050. The van der Waals surface area contributed by atoms with Crippen LogP contribution in [0.1, 0.15) is 26.3 Å². The summed E-state index contributed by atoms with van der Waals surface area (Å²) in [6, 6.07) is 18.8. The second-order valence-electron chi connectivity index (χ2n) is 7.75. The molecule has 3 aromatic carbocycles. The molecule has 0 aliphatic heterocycles. The number of phenolic OH excluding ortho intramolecular Hbond substituents is 1. The molecule has 0 atom stereocenters. The van der Waals surface area contributed by atoms with Gasteiger partial charge in [0.2, 0.25) is 0 Å². The van der Waals surface area contributed by atoms with Crippen LogP contribution in [0.15, 0.2) is 60.7 Å². The van der Waals surface area contributed by atoms with Crippen molar-refractivity contribution in [3.63, 3.8) is 0 Å². The van der Waals surface area contributed by atoms with Crippen LogP contribution in [0.5, 0.6) is 11.5 Å². The maximum absolute atomic E-state index is 12.2. The fourth-order valence-electron chi connectivity index (χ4n) is 2.88. The van der Waals surface area contributed by atoms with E-state index in [4.69, 9.17) is 17.0 Å². The molecular weight excluding hydrogens is 384 g/mol. The van der Waals surface area contributed by atoms with Crippen molar-refractivity contribution in [1.82, 2.24) is 5.32 Å². The fourth-order valence-corrected chi connectivity index (χ4v) is 3.11. The number of carbonyl (C=O) groups excluding carboxylic acids is 1. The molecule has 0 radical (unpaired) electrons. The average molecular weight is 409 g/mol. The number of benzene rings is 3. The third-order valence-electron chi connectivity index (χ3n) is 4.47. The van der Waals surface area contributed by atoms with Crippen molar-refractivity contribution < 1.29 is 14.6 Å². The smallest absolute Gasteiger partial charge is 0.264 e. The molecule has 0 aliphatic carbocycles. The molecule has 0 bridgehead atoms. The summed E-state index contributed by atoms with van der Waals surface area (Å²) in [5.41, 5.74) is 1.39. The van der Waals surface area contributed by atoms with Gasteiger partial charge in [-0.3, -0.25) is 10.1 Å². The number of nitrogens with one attached hydrogen (secondary N) is 2. The van der Waals surface area contributed by atoms with E-state index in [2.05, 4.69) is 31.4 Å². The number of rotatable bonds is 4. The Kier molecular flexibility index (Phi) is 6.03. The van der Waals surface area contributed by atoms with Crippen molar-refractivity contribution in [2.45, 2.75) is 26.2 Å². The molecule has 3 rings (SSSR count). The lowest BCUT2D eigenvalue weighted by Gasteiger charge is -2.21. The van der Waals surface area contributed by atoms with Crippen LogP contribution in [0.2, 0.25) is 0 Å². The first-order valence-corrected chi connectivity index (χ1v) is 9.70. The number of amides is 1. The molecule has 6 heteroatoms. The quantitative estimate of drug-likeness (QED) is 0.430. The van der Waals surface area contributed by atoms with Gasteiger partial charge in [-0.05, 0) is 46.8 Å². The minimum atomic E-state index is -0.387. The molecule has 3 N–H and O–H groups in total. The van der Waals surface area contributed by atoms with Gasteiger partial charge in [0.15, 0.2) is 11.7 Å². The van der Waals surface area contributed by atoms with Gasteiger partial charge in [0, 0.05) is 5.39 Å². The molecule has 3 aromatic rings. The van der Waals surface area contributed by atoms with Crippen molar-refractivity contribution in [3.8, 4) is 11.5 Å². The first kappa shape index (κ1) is 20.6. The highest BCUT2D eigenvalue weighted by atomic mass is 32.1. The van der Waals surface area contributed by atoms with Gasteiger partial charge in [-0.2, -0.15) is 0 Å². The number of thiocarbonyl (C=S) groups is 1. The van der Waals surface area contributed by atoms with Crippen molar-refractivity contribution >= 4 is 39.7 Å². The van der Waals surface area contributed by atoms with Gasteiger partial charge in [-0.15, -0.1) is 0 Å². The zero-order chi connectivity index (χ0) is 21.0. The van der Waals surface area contributed by atoms with Crippen molar-refractivity contribution in [2.24, 2.45) is 0 Å². The minimum Gasteiger partial charge on any atom is -0.506 e. The monoisotopic (exact) mass is 408 g/mol. The normalized spacial score (nSPS) is 11.1. The molecule has 0 heterocycles. The van der Waals surface area contributed by atoms with Crippen LogP contribution in [0, 0.1) is 0 Å². The summed E-state index contributed by atoms with van der Waals surface area (Å²) < 4.78 is 5.67. The molecule has 0 saturated carbocycles. The van der Waals surface area contributed by atoms with E-state index in [9.17, 15) is 9.90 Å². The number of hydrogen-bond acceptors (Lipinski definition) is 4. The second-order valence-corrected chi connectivity index (χ2v) is 8.16. The number of fused-ring (bicyclic) bond motifs is 1. The lowest BCUT2D eigenvalue weighted by molar-refractivity contribution is -0.121. The van der Waals surface area contributed by atoms with Crippen LogP contribution in [-0.4, -0.2) is 22.7 Å². The van der Waals surface area contributed by atoms with Crippen LogP contribution >= 0.6 is 12.2 Å². The SMILES string of the molecule is CC(C)(C)c1ccc(O)c(NC(=S)NC(=O)COc2cccc3ccccc23)c1. The molecule has 5 nitrogen and oxygen atoms in total. The number of aromatic hydroxyl groups is 1. The van der Waals surface area contributed by atoms with E-state index in [0.717, 1.165) is 16.3 Å². The van der Waals surface area contributed by atoms with Gasteiger partial charge in [0.1, 0.15) is 11.5 Å². The number of carbonyl (C=O) groups is 1. The second kappa shape index (κ2) is 8.49. The van der Waals surface area contributed by atoms with Crippen LogP contribution in [0.3, 0.4) is 0 Å². The molecule has 0 spiro atoms. The number of anilines is 1. The molecule has 29 heavy (non-hydrogen) atoms. The molecule has 0 unspecified atom stereocenters. The Labute approximate surface area is 175 Å². The first-order chi connectivity index (χ1) is 13.7. The number of hydrogen-bond donors (Lipinski definition) is 3. The van der Waals surface area contributed by atoms with Crippen LogP contribution in [-0.2, 0) is 10.2 Å². The summed E-state index contributed by atoms with van der Waals surface area (Å²) in [6.07, 6.45) is 0. The molecule has 1 amide bonds. The molecule has 150 valence electrons. The van der Waals surface area contributed by atoms with E-state index >= 15 is 0 Å². The lowest BCUT2D eigenvalue weighted by Crippen LogP contribution is -2.37. The van der Waals surface area contributed by atoms with Crippen LogP contribution < -0.4 is 15.4 Å². The molecule has 0 fully saturated rings. The first-order valence-electron chi connectivity index (χ1n) is 9.29. The standard InChI is InChI=1S/C23H24N2O3S/c1-23(2,3)16-11-12-19(26)18(13-16)24-22(29)25-21(27)14-28-20-10-6-8-15-7-4-5-9-17(15)20/h4-13,26H,14H2,1-3H3,(H2,24,25,27,29). The summed E-state index contributed by atoms with van der Waals surface area (Å²) in [7, 11) is 0. The number of phenols is 1. The van der Waals surface area contributed by atoms with E-state index in [-0.39, 0.29) is 28.8 Å². The van der Waals surface area contributed by atoms with E-state index < -0.39 is 0 Å². The molecular formula is C23H24N2O3S. The third-order valence-corrected chi connectivity index (χ3v) is 4.68. The summed E-state index contributed by atoms with van der Waals surface area (Å²) in [5.74, 6) is 0.302. The van der Waals surface area contributed by atoms with Crippen LogP contribution in [0.4, 0.5) is 5.69 Å². The largest absolute Gasteiger partial charge is 0.506 e.